The van der Waals surface area contributed by atoms with Gasteiger partial charge in [0.25, 0.3) is 5.69 Å². The van der Waals surface area contributed by atoms with E-state index in [0.29, 0.717) is 24.8 Å². The summed E-state index contributed by atoms with van der Waals surface area (Å²) in [5.74, 6) is -0.887. The first kappa shape index (κ1) is 18.3. The highest BCUT2D eigenvalue weighted by Crippen LogP contribution is 2.43. The smallest absolute Gasteiger partial charge is 0.328 e. The molecule has 0 aliphatic rings. The standard InChI is InChI=1S/C13H18NO7P/c15-13(16)4-2-1-3-9-22(19,20)21-10-11-5-7-12(8-6-11)14(17)18/h5-8H,1-4,9-10H2,(H,15,16)(H,19,20). The summed E-state index contributed by atoms with van der Waals surface area (Å²) >= 11 is 0. The summed E-state index contributed by atoms with van der Waals surface area (Å²) in [6.07, 6.45) is 1.40. The monoisotopic (exact) mass is 331 g/mol. The SMILES string of the molecule is O=C(O)CCCCCP(=O)(O)OCc1ccc([N+](=O)[O-])cc1. The third-order valence-electron chi connectivity index (χ3n) is 2.91. The molecule has 122 valence electrons. The summed E-state index contributed by atoms with van der Waals surface area (Å²) in [5, 5.41) is 19.0. The molecule has 0 heterocycles. The van der Waals surface area contributed by atoms with Crippen LogP contribution in [-0.2, 0) is 20.5 Å². The molecule has 22 heavy (non-hydrogen) atoms. The first-order valence-corrected chi connectivity index (χ1v) is 8.48. The van der Waals surface area contributed by atoms with Gasteiger partial charge in [-0.15, -0.1) is 0 Å². The number of benzene rings is 1. The minimum atomic E-state index is -3.73. The number of unbranched alkanes of at least 4 members (excludes halogenated alkanes) is 2. The predicted octanol–water partition coefficient (Wildman–Crippen LogP) is 2.94. The maximum Gasteiger partial charge on any atom is 0.328 e. The molecule has 0 fully saturated rings. The maximum absolute atomic E-state index is 11.8. The van der Waals surface area contributed by atoms with Crippen molar-refractivity contribution in [3.8, 4) is 0 Å². The van der Waals surface area contributed by atoms with Crippen molar-refractivity contribution < 1.29 is 28.8 Å². The van der Waals surface area contributed by atoms with E-state index in [2.05, 4.69) is 0 Å². The van der Waals surface area contributed by atoms with Crippen molar-refractivity contribution in [3.05, 3.63) is 39.9 Å². The number of nitrogens with zero attached hydrogens (tertiary/aromatic N) is 1. The predicted molar refractivity (Wildman–Crippen MR) is 78.7 cm³/mol. The molecule has 0 radical (unpaired) electrons. The van der Waals surface area contributed by atoms with Gasteiger partial charge in [-0.25, -0.2) is 0 Å². The van der Waals surface area contributed by atoms with Gasteiger partial charge in [0.05, 0.1) is 11.5 Å². The molecule has 0 saturated heterocycles. The lowest BCUT2D eigenvalue weighted by molar-refractivity contribution is -0.384. The van der Waals surface area contributed by atoms with E-state index in [1.165, 1.54) is 24.3 Å². The van der Waals surface area contributed by atoms with Crippen molar-refractivity contribution in [2.75, 3.05) is 6.16 Å². The molecular weight excluding hydrogens is 313 g/mol. The average Bonchev–Trinajstić information content (AvgIpc) is 2.45. The number of carboxylic acids is 1. The van der Waals surface area contributed by atoms with E-state index in [1.807, 2.05) is 0 Å². The fourth-order valence-corrected chi connectivity index (χ4v) is 2.82. The Kier molecular flexibility index (Phi) is 7.17. The van der Waals surface area contributed by atoms with Crippen LogP contribution in [0.5, 0.6) is 0 Å². The lowest BCUT2D eigenvalue weighted by Crippen LogP contribution is -1.98. The molecular formula is C13H18NO7P. The van der Waals surface area contributed by atoms with Gasteiger partial charge in [0.1, 0.15) is 0 Å². The van der Waals surface area contributed by atoms with Crippen LogP contribution in [0.2, 0.25) is 0 Å². The van der Waals surface area contributed by atoms with Gasteiger partial charge in [-0.3, -0.25) is 19.5 Å². The highest BCUT2D eigenvalue weighted by Gasteiger charge is 2.19. The molecule has 1 aromatic rings. The Labute approximate surface area is 127 Å². The quantitative estimate of drug-likeness (QED) is 0.292. The number of rotatable bonds is 10. The second-order valence-electron chi connectivity index (χ2n) is 4.76. The average molecular weight is 331 g/mol. The number of hydrogen-bond donors (Lipinski definition) is 2. The van der Waals surface area contributed by atoms with E-state index in [-0.39, 0.29) is 24.9 Å². The van der Waals surface area contributed by atoms with Crippen LogP contribution >= 0.6 is 7.60 Å². The van der Waals surface area contributed by atoms with Crippen LogP contribution in [0.4, 0.5) is 5.69 Å². The summed E-state index contributed by atoms with van der Waals surface area (Å²) in [6, 6.07) is 5.52. The number of nitro groups is 1. The first-order chi connectivity index (χ1) is 10.3. The Balaban J connectivity index is 2.33. The summed E-state index contributed by atoms with van der Waals surface area (Å²) in [5.41, 5.74) is 0.500. The maximum atomic E-state index is 11.8. The van der Waals surface area contributed by atoms with Gasteiger partial charge >= 0.3 is 13.6 Å². The van der Waals surface area contributed by atoms with Gasteiger partial charge < -0.3 is 14.5 Å². The minimum absolute atomic E-state index is 0.0411. The van der Waals surface area contributed by atoms with E-state index >= 15 is 0 Å². The molecule has 1 aromatic carbocycles. The van der Waals surface area contributed by atoms with Crippen molar-refractivity contribution in [2.45, 2.75) is 32.3 Å². The molecule has 0 aliphatic carbocycles. The van der Waals surface area contributed by atoms with Crippen LogP contribution in [0.3, 0.4) is 0 Å². The van der Waals surface area contributed by atoms with Crippen LogP contribution in [-0.4, -0.2) is 27.1 Å². The zero-order valence-electron chi connectivity index (χ0n) is 11.9. The van der Waals surface area contributed by atoms with E-state index < -0.39 is 18.5 Å². The number of hydrogen-bond acceptors (Lipinski definition) is 5. The van der Waals surface area contributed by atoms with E-state index in [9.17, 15) is 24.4 Å². The lowest BCUT2D eigenvalue weighted by atomic mass is 10.2. The van der Waals surface area contributed by atoms with E-state index in [0.717, 1.165) is 0 Å². The van der Waals surface area contributed by atoms with Crippen molar-refractivity contribution in [3.63, 3.8) is 0 Å². The highest BCUT2D eigenvalue weighted by molar-refractivity contribution is 7.52. The molecule has 0 aliphatic heterocycles. The van der Waals surface area contributed by atoms with Crippen molar-refractivity contribution in [1.82, 2.24) is 0 Å². The summed E-state index contributed by atoms with van der Waals surface area (Å²) < 4.78 is 16.7. The van der Waals surface area contributed by atoms with Crippen LogP contribution in [0.25, 0.3) is 0 Å². The Morgan fingerprint density at radius 3 is 2.41 bits per heavy atom. The van der Waals surface area contributed by atoms with Crippen LogP contribution in [0.15, 0.2) is 24.3 Å². The van der Waals surface area contributed by atoms with Gasteiger partial charge in [-0.05, 0) is 30.5 Å². The van der Waals surface area contributed by atoms with Crippen LogP contribution in [0, 0.1) is 10.1 Å². The molecule has 9 heteroatoms. The first-order valence-electron chi connectivity index (χ1n) is 6.72. The molecule has 0 saturated carbocycles. The lowest BCUT2D eigenvalue weighted by Gasteiger charge is -2.12. The molecule has 2 N–H and O–H groups in total. The van der Waals surface area contributed by atoms with Crippen molar-refractivity contribution in [1.29, 1.82) is 0 Å². The summed E-state index contributed by atoms with van der Waals surface area (Å²) in [4.78, 5) is 29.9. The van der Waals surface area contributed by atoms with Crippen molar-refractivity contribution in [2.24, 2.45) is 0 Å². The number of aliphatic carboxylic acids is 1. The molecule has 1 unspecified atom stereocenters. The van der Waals surface area contributed by atoms with Crippen LogP contribution in [0.1, 0.15) is 31.2 Å². The van der Waals surface area contributed by atoms with E-state index in [4.69, 9.17) is 9.63 Å². The fourth-order valence-electron chi connectivity index (χ4n) is 1.72. The Morgan fingerprint density at radius 1 is 1.23 bits per heavy atom. The number of non-ortho nitro benzene ring substituents is 1. The van der Waals surface area contributed by atoms with Crippen LogP contribution < -0.4 is 0 Å². The molecule has 1 rings (SSSR count). The second-order valence-corrected chi connectivity index (χ2v) is 6.74. The van der Waals surface area contributed by atoms with Crippen molar-refractivity contribution >= 4 is 19.3 Å². The fraction of sp³-hybridized carbons (Fsp3) is 0.462. The molecule has 0 bridgehead atoms. The third-order valence-corrected chi connectivity index (χ3v) is 4.33. The Hall–Kier alpha value is -1.76. The topological polar surface area (TPSA) is 127 Å². The number of nitro benzene ring substituents is 1. The summed E-state index contributed by atoms with van der Waals surface area (Å²) in [6.45, 7) is -0.110. The second kappa shape index (κ2) is 8.63. The molecule has 8 nitrogen and oxygen atoms in total. The molecule has 0 spiro atoms. The van der Waals surface area contributed by atoms with Gasteiger partial charge in [0.2, 0.25) is 0 Å². The molecule has 0 aromatic heterocycles. The molecule has 0 amide bonds. The summed E-state index contributed by atoms with van der Waals surface area (Å²) in [7, 11) is -3.73. The normalized spacial score (nSPS) is 13.5. The highest BCUT2D eigenvalue weighted by atomic mass is 31.2. The van der Waals surface area contributed by atoms with Gasteiger partial charge in [-0.1, -0.05) is 6.42 Å². The number of carboxylic acid groups (broad SMARTS) is 1. The van der Waals surface area contributed by atoms with Gasteiger partial charge in [0.15, 0.2) is 0 Å². The number of carbonyl (C=O) groups is 1. The molecule has 1 atom stereocenters. The zero-order valence-corrected chi connectivity index (χ0v) is 12.8. The Bertz CT molecular complexity index is 558. The third kappa shape index (κ3) is 7.31. The largest absolute Gasteiger partial charge is 0.481 e. The van der Waals surface area contributed by atoms with E-state index in [1.54, 1.807) is 0 Å². The minimum Gasteiger partial charge on any atom is -0.481 e. The van der Waals surface area contributed by atoms with Gasteiger partial charge in [-0.2, -0.15) is 0 Å². The van der Waals surface area contributed by atoms with Gasteiger partial charge in [0, 0.05) is 24.7 Å². The Morgan fingerprint density at radius 2 is 1.86 bits per heavy atom. The zero-order chi connectivity index (χ0) is 16.6.